The van der Waals surface area contributed by atoms with Gasteiger partial charge < -0.3 is 15.6 Å². The Hall–Kier alpha value is -1.60. The van der Waals surface area contributed by atoms with E-state index in [1.54, 1.807) is 7.05 Å². The highest BCUT2D eigenvalue weighted by atomic mass is 79.9. The Morgan fingerprint density at radius 1 is 1.48 bits per heavy atom. The number of fused-ring (bicyclic) bond motifs is 4. The van der Waals surface area contributed by atoms with E-state index < -0.39 is 11.6 Å². The summed E-state index contributed by atoms with van der Waals surface area (Å²) in [6, 6.07) is 5.61. The van der Waals surface area contributed by atoms with E-state index in [9.17, 15) is 9.90 Å². The minimum Gasteiger partial charge on any atom is -0.490 e. The third kappa shape index (κ3) is 1.96. The molecule has 0 aromatic heterocycles. The number of rotatable bonds is 0. The maximum Gasteiger partial charge on any atom is 0.262 e. The summed E-state index contributed by atoms with van der Waals surface area (Å²) in [6.45, 7) is 0. The van der Waals surface area contributed by atoms with Gasteiger partial charge in [-0.3, -0.25) is 9.69 Å². The number of amides is 1. The monoisotopic (exact) mass is 379 g/mol. The first-order valence-electron chi connectivity index (χ1n) is 7.71. The molecule has 4 atom stereocenters. The van der Waals surface area contributed by atoms with Crippen LogP contribution in [0.3, 0.4) is 0 Å². The average Bonchev–Trinajstić information content (AvgIpc) is 2.74. The molecule has 122 valence electrons. The molecule has 7 heteroatoms. The van der Waals surface area contributed by atoms with Gasteiger partial charge in [-0.2, -0.15) is 0 Å². The molecule has 4 unspecified atom stereocenters. The molecule has 0 radical (unpaired) electrons. The standard InChI is InChI=1S/C16H18BrN3O3/c1-20-14(22)16(19-15(20)18)10-4-3-9(21)7-13(10)23-12-5-2-8(17)6-11(12)16/h2,5-6,9-10,13,21H,3-4,7H2,1H3,(H2,18,19). The number of halogens is 1. The van der Waals surface area contributed by atoms with Crippen LogP contribution in [0.25, 0.3) is 0 Å². The fraction of sp³-hybridized carbons (Fsp3) is 0.500. The highest BCUT2D eigenvalue weighted by molar-refractivity contribution is 9.10. The summed E-state index contributed by atoms with van der Waals surface area (Å²) < 4.78 is 6.97. The van der Waals surface area contributed by atoms with E-state index in [1.165, 1.54) is 4.90 Å². The van der Waals surface area contributed by atoms with Crippen molar-refractivity contribution < 1.29 is 14.6 Å². The number of aliphatic hydroxyl groups excluding tert-OH is 1. The molecule has 4 rings (SSSR count). The largest absolute Gasteiger partial charge is 0.490 e. The molecule has 23 heavy (non-hydrogen) atoms. The van der Waals surface area contributed by atoms with Crippen LogP contribution in [0.5, 0.6) is 5.75 Å². The van der Waals surface area contributed by atoms with Crippen molar-refractivity contribution in [2.75, 3.05) is 7.05 Å². The molecule has 1 spiro atoms. The van der Waals surface area contributed by atoms with Crippen molar-refractivity contribution in [3.8, 4) is 5.75 Å². The second-order valence-corrected chi connectivity index (χ2v) is 7.39. The van der Waals surface area contributed by atoms with Crippen LogP contribution in [0.2, 0.25) is 0 Å². The number of aliphatic imine (C=N–C) groups is 1. The number of nitrogens with two attached hydrogens (primary N) is 1. The lowest BCUT2D eigenvalue weighted by Gasteiger charge is -2.46. The fourth-order valence-corrected chi connectivity index (χ4v) is 4.42. The predicted molar refractivity (Wildman–Crippen MR) is 88.0 cm³/mol. The predicted octanol–water partition coefficient (Wildman–Crippen LogP) is 1.35. The van der Waals surface area contributed by atoms with Gasteiger partial charge in [0.1, 0.15) is 11.9 Å². The molecule has 2 heterocycles. The molecule has 2 aliphatic heterocycles. The topological polar surface area (TPSA) is 88.2 Å². The Morgan fingerprint density at radius 3 is 2.96 bits per heavy atom. The summed E-state index contributed by atoms with van der Waals surface area (Å²) in [5.74, 6) is 0.629. The number of ether oxygens (including phenoxy) is 1. The van der Waals surface area contributed by atoms with Gasteiger partial charge in [0, 0.05) is 29.4 Å². The normalized spacial score (nSPS) is 35.6. The van der Waals surface area contributed by atoms with Gasteiger partial charge in [0.15, 0.2) is 11.5 Å². The lowest BCUT2D eigenvalue weighted by Crippen LogP contribution is -2.55. The van der Waals surface area contributed by atoms with Crippen molar-refractivity contribution in [2.24, 2.45) is 16.6 Å². The number of carbonyl (C=O) groups is 1. The number of aliphatic hydroxyl groups is 1. The number of likely N-dealkylation sites (N-methyl/N-ethyl adjacent to an activating group) is 1. The van der Waals surface area contributed by atoms with Crippen molar-refractivity contribution in [1.82, 2.24) is 4.90 Å². The first-order valence-corrected chi connectivity index (χ1v) is 8.51. The van der Waals surface area contributed by atoms with E-state index in [4.69, 9.17) is 10.5 Å². The van der Waals surface area contributed by atoms with Crippen LogP contribution in [0, 0.1) is 5.92 Å². The molecule has 1 aromatic carbocycles. The van der Waals surface area contributed by atoms with E-state index in [1.807, 2.05) is 18.2 Å². The van der Waals surface area contributed by atoms with Gasteiger partial charge in [0.2, 0.25) is 0 Å². The van der Waals surface area contributed by atoms with Gasteiger partial charge in [0.25, 0.3) is 5.91 Å². The summed E-state index contributed by atoms with van der Waals surface area (Å²) in [6.07, 6.45) is 1.19. The van der Waals surface area contributed by atoms with Gasteiger partial charge in [-0.05, 0) is 31.0 Å². The van der Waals surface area contributed by atoms with Gasteiger partial charge in [-0.15, -0.1) is 0 Å². The van der Waals surface area contributed by atoms with Gasteiger partial charge in [-0.1, -0.05) is 15.9 Å². The van der Waals surface area contributed by atoms with E-state index >= 15 is 0 Å². The minimum absolute atomic E-state index is 0.121. The summed E-state index contributed by atoms with van der Waals surface area (Å²) in [4.78, 5) is 19.1. The van der Waals surface area contributed by atoms with Crippen LogP contribution >= 0.6 is 15.9 Å². The van der Waals surface area contributed by atoms with Gasteiger partial charge >= 0.3 is 0 Å². The van der Waals surface area contributed by atoms with Crippen LogP contribution in [0.15, 0.2) is 27.7 Å². The lowest BCUT2D eigenvalue weighted by molar-refractivity contribution is -0.138. The zero-order valence-electron chi connectivity index (χ0n) is 12.7. The molecule has 3 aliphatic rings. The van der Waals surface area contributed by atoms with Crippen LogP contribution in [0.1, 0.15) is 24.8 Å². The Balaban J connectivity index is 1.94. The summed E-state index contributed by atoms with van der Waals surface area (Å²) in [5, 5.41) is 10.00. The zero-order valence-corrected chi connectivity index (χ0v) is 14.3. The fourth-order valence-electron chi connectivity index (χ4n) is 4.06. The maximum absolute atomic E-state index is 13.1. The Kier molecular flexibility index (Phi) is 3.22. The molecule has 0 bridgehead atoms. The van der Waals surface area contributed by atoms with Crippen molar-refractivity contribution in [3.05, 3.63) is 28.2 Å². The summed E-state index contributed by atoms with van der Waals surface area (Å²) in [5.41, 5.74) is 5.68. The van der Waals surface area contributed by atoms with Gasteiger partial charge in [0.05, 0.1) is 6.10 Å². The Bertz CT molecular complexity index is 723. The van der Waals surface area contributed by atoms with E-state index in [-0.39, 0.29) is 23.9 Å². The second-order valence-electron chi connectivity index (χ2n) is 6.47. The average molecular weight is 380 g/mol. The van der Waals surface area contributed by atoms with Crippen molar-refractivity contribution >= 4 is 27.8 Å². The quantitative estimate of drug-likeness (QED) is 0.711. The van der Waals surface area contributed by atoms with Gasteiger partial charge in [-0.25, -0.2) is 4.99 Å². The smallest absolute Gasteiger partial charge is 0.262 e. The van der Waals surface area contributed by atoms with E-state index in [0.717, 1.165) is 10.0 Å². The number of nitrogens with zero attached hydrogens (tertiary/aromatic N) is 2. The van der Waals surface area contributed by atoms with Crippen molar-refractivity contribution in [3.63, 3.8) is 0 Å². The molecule has 1 aromatic rings. The van der Waals surface area contributed by atoms with Crippen molar-refractivity contribution in [1.29, 1.82) is 0 Å². The molecule has 1 amide bonds. The Labute approximate surface area is 142 Å². The number of guanidine groups is 1. The summed E-state index contributed by atoms with van der Waals surface area (Å²) >= 11 is 3.47. The van der Waals surface area contributed by atoms with Crippen LogP contribution in [-0.2, 0) is 10.3 Å². The molecule has 6 nitrogen and oxygen atoms in total. The highest BCUT2D eigenvalue weighted by Gasteiger charge is 2.60. The SMILES string of the molecule is CN1C(=O)C2(N=C1N)c1cc(Br)ccc1OC1CC(O)CCC12. The molecule has 0 saturated heterocycles. The van der Waals surface area contributed by atoms with Crippen LogP contribution < -0.4 is 10.5 Å². The Morgan fingerprint density at radius 2 is 2.26 bits per heavy atom. The summed E-state index contributed by atoms with van der Waals surface area (Å²) in [7, 11) is 1.65. The first-order chi connectivity index (χ1) is 10.9. The second kappa shape index (κ2) is 4.95. The first kappa shape index (κ1) is 15.0. The molecule has 1 aliphatic carbocycles. The third-order valence-corrected chi connectivity index (χ3v) is 5.69. The third-order valence-electron chi connectivity index (χ3n) is 5.20. The maximum atomic E-state index is 13.1. The number of carbonyl (C=O) groups excluding carboxylic acids is 1. The zero-order chi connectivity index (χ0) is 16.4. The molecule has 1 fully saturated rings. The molecular weight excluding hydrogens is 362 g/mol. The lowest BCUT2D eigenvalue weighted by atomic mass is 9.67. The number of hydrogen-bond donors (Lipinski definition) is 2. The van der Waals surface area contributed by atoms with Crippen molar-refractivity contribution in [2.45, 2.75) is 37.0 Å². The highest BCUT2D eigenvalue weighted by Crippen LogP contribution is 2.53. The van der Waals surface area contributed by atoms with Crippen LogP contribution in [0.4, 0.5) is 0 Å². The molecule has 3 N–H and O–H groups in total. The molecule has 1 saturated carbocycles. The van der Waals surface area contributed by atoms with E-state index in [0.29, 0.717) is 25.0 Å². The van der Waals surface area contributed by atoms with E-state index in [2.05, 4.69) is 20.9 Å². The molecular formula is C16H18BrN3O3. The number of benzene rings is 1. The van der Waals surface area contributed by atoms with Crippen LogP contribution in [-0.4, -0.2) is 41.1 Å². The minimum atomic E-state index is -1.04. The number of hydrogen-bond acceptors (Lipinski definition) is 5.